The highest BCUT2D eigenvalue weighted by Crippen LogP contribution is 2.48. The summed E-state index contributed by atoms with van der Waals surface area (Å²) in [6.45, 7) is 1.86. The van der Waals surface area contributed by atoms with Crippen molar-refractivity contribution in [1.29, 1.82) is 5.26 Å². The lowest BCUT2D eigenvalue weighted by molar-refractivity contribution is -0.131. The van der Waals surface area contributed by atoms with E-state index >= 15 is 0 Å². The second-order valence-electron chi connectivity index (χ2n) is 9.14. The molecule has 9 heteroatoms. The molecule has 1 aliphatic carbocycles. The number of carboxylic acid groups (broad SMARTS) is 1. The molecule has 5 rings (SSSR count). The fraction of sp³-hybridized carbons (Fsp3) is 0.179. The Bertz CT molecular complexity index is 1650. The number of carbonyl (C=O) groups is 2. The van der Waals surface area contributed by atoms with E-state index < -0.39 is 11.4 Å². The first-order chi connectivity index (χ1) is 17.7. The zero-order chi connectivity index (χ0) is 26.5. The van der Waals surface area contributed by atoms with Crippen molar-refractivity contribution in [3.63, 3.8) is 0 Å². The van der Waals surface area contributed by atoms with Crippen LogP contribution >= 0.6 is 34.8 Å². The molecule has 0 radical (unpaired) electrons. The second kappa shape index (κ2) is 9.42. The van der Waals surface area contributed by atoms with Gasteiger partial charge in [-0.1, -0.05) is 46.9 Å². The molecule has 1 aliphatic rings. The van der Waals surface area contributed by atoms with Crippen LogP contribution in [0.5, 0.6) is 0 Å². The van der Waals surface area contributed by atoms with Gasteiger partial charge in [-0.15, -0.1) is 0 Å². The summed E-state index contributed by atoms with van der Waals surface area (Å²) in [6.07, 6.45) is 8.09. The van der Waals surface area contributed by atoms with Crippen molar-refractivity contribution in [1.82, 2.24) is 9.55 Å². The molecule has 0 unspecified atom stereocenters. The molecular weight excluding hydrogens is 533 g/mol. The Morgan fingerprint density at radius 2 is 1.89 bits per heavy atom. The third kappa shape index (κ3) is 4.14. The van der Waals surface area contributed by atoms with E-state index in [2.05, 4.69) is 11.1 Å². The molecule has 1 saturated carbocycles. The average molecular weight is 553 g/mol. The van der Waals surface area contributed by atoms with Crippen LogP contribution in [0, 0.1) is 18.3 Å². The Labute approximate surface area is 227 Å². The van der Waals surface area contributed by atoms with Crippen LogP contribution in [0.15, 0.2) is 48.8 Å². The van der Waals surface area contributed by atoms with Gasteiger partial charge in [-0.2, -0.15) is 5.26 Å². The van der Waals surface area contributed by atoms with Crippen molar-refractivity contribution in [2.45, 2.75) is 31.6 Å². The number of aryl methyl sites for hydroxylation is 1. The van der Waals surface area contributed by atoms with Crippen molar-refractivity contribution in [3.8, 4) is 17.2 Å². The number of aromatic amines is 1. The van der Waals surface area contributed by atoms with Crippen LogP contribution in [-0.2, 0) is 10.2 Å². The molecule has 0 saturated heterocycles. The van der Waals surface area contributed by atoms with Crippen molar-refractivity contribution in [2.75, 3.05) is 0 Å². The van der Waals surface area contributed by atoms with Crippen LogP contribution in [0.25, 0.3) is 28.1 Å². The molecule has 0 amide bonds. The Balaban J connectivity index is 1.76. The van der Waals surface area contributed by atoms with Gasteiger partial charge < -0.3 is 10.1 Å². The quantitative estimate of drug-likeness (QED) is 0.249. The van der Waals surface area contributed by atoms with Gasteiger partial charge in [-0.3, -0.25) is 9.36 Å². The van der Waals surface area contributed by atoms with E-state index in [0.29, 0.717) is 51.3 Å². The molecule has 37 heavy (non-hydrogen) atoms. The van der Waals surface area contributed by atoms with Gasteiger partial charge in [0.15, 0.2) is 0 Å². The second-order valence-corrected chi connectivity index (χ2v) is 10.4. The van der Waals surface area contributed by atoms with Gasteiger partial charge in [0.05, 0.1) is 32.6 Å². The highest BCUT2D eigenvalue weighted by Gasteiger charge is 2.44. The minimum atomic E-state index is -1.06. The van der Waals surface area contributed by atoms with E-state index in [0.717, 1.165) is 23.4 Å². The fourth-order valence-electron chi connectivity index (χ4n) is 5.07. The van der Waals surface area contributed by atoms with Crippen LogP contribution in [-0.4, -0.2) is 26.5 Å². The number of hydrogen-bond donors (Lipinski definition) is 2. The van der Waals surface area contributed by atoms with Gasteiger partial charge in [-0.05, 0) is 61.6 Å². The standard InChI is InChI=1S/C28H20Cl3N3O3/c1-15-13-34(21-5-2-4-16(23(15)21)6-7-22(35)36)27(37)25-18(24-19(30)10-17(29)11-20(24)31)12-33-26(25)28(14-32)8-3-9-28/h2,4-7,10-13,33H,3,8-9H2,1H3,(H,35,36)/b7-6+. The zero-order valence-corrected chi connectivity index (χ0v) is 21.9. The van der Waals surface area contributed by atoms with E-state index in [1.807, 2.05) is 6.92 Å². The van der Waals surface area contributed by atoms with Crippen molar-refractivity contribution >= 4 is 63.7 Å². The Hall–Kier alpha value is -3.50. The van der Waals surface area contributed by atoms with E-state index in [9.17, 15) is 14.9 Å². The van der Waals surface area contributed by atoms with Crippen LogP contribution in [0.3, 0.4) is 0 Å². The highest BCUT2D eigenvalue weighted by molar-refractivity contribution is 6.42. The smallest absolute Gasteiger partial charge is 0.328 e. The summed E-state index contributed by atoms with van der Waals surface area (Å²) in [5, 5.41) is 20.9. The van der Waals surface area contributed by atoms with Crippen molar-refractivity contribution in [3.05, 3.63) is 86.3 Å². The number of carbonyl (C=O) groups excluding carboxylic acids is 1. The van der Waals surface area contributed by atoms with Crippen molar-refractivity contribution in [2.24, 2.45) is 0 Å². The number of hydrogen-bond acceptors (Lipinski definition) is 3. The Morgan fingerprint density at radius 1 is 1.19 bits per heavy atom. The molecule has 2 N–H and O–H groups in total. The molecule has 2 aromatic carbocycles. The minimum Gasteiger partial charge on any atom is -0.478 e. The van der Waals surface area contributed by atoms with E-state index in [-0.39, 0.29) is 16.0 Å². The van der Waals surface area contributed by atoms with E-state index in [4.69, 9.17) is 39.9 Å². The number of aromatic nitrogens is 2. The predicted octanol–water partition coefficient (Wildman–Crippen LogP) is 7.64. The summed E-state index contributed by atoms with van der Waals surface area (Å²) < 4.78 is 1.53. The van der Waals surface area contributed by atoms with Crippen molar-refractivity contribution < 1.29 is 14.7 Å². The molecule has 4 aromatic rings. The van der Waals surface area contributed by atoms with Gasteiger partial charge in [0.25, 0.3) is 5.91 Å². The maximum Gasteiger partial charge on any atom is 0.328 e. The summed E-state index contributed by atoms with van der Waals surface area (Å²) in [4.78, 5) is 28.6. The molecule has 1 fully saturated rings. The average Bonchev–Trinajstić information content (AvgIpc) is 3.39. The molecule has 186 valence electrons. The number of H-pyrrole nitrogens is 1. The van der Waals surface area contributed by atoms with Crippen LogP contribution < -0.4 is 0 Å². The number of nitrogens with one attached hydrogen (secondary N) is 1. The van der Waals surface area contributed by atoms with E-state index in [1.165, 1.54) is 10.6 Å². The number of aliphatic carboxylic acids is 1. The molecule has 0 spiro atoms. The lowest BCUT2D eigenvalue weighted by Crippen LogP contribution is -2.35. The summed E-state index contributed by atoms with van der Waals surface area (Å²) in [7, 11) is 0. The first-order valence-corrected chi connectivity index (χ1v) is 12.6. The third-order valence-electron chi connectivity index (χ3n) is 6.95. The molecule has 2 aromatic heterocycles. The minimum absolute atomic E-state index is 0.284. The zero-order valence-electron chi connectivity index (χ0n) is 19.6. The predicted molar refractivity (Wildman–Crippen MR) is 145 cm³/mol. The summed E-state index contributed by atoms with van der Waals surface area (Å²) in [5.41, 5.74) is 3.05. The summed E-state index contributed by atoms with van der Waals surface area (Å²) in [5.74, 6) is -1.42. The number of nitrogens with zero attached hydrogens (tertiary/aromatic N) is 2. The van der Waals surface area contributed by atoms with Gasteiger partial charge >= 0.3 is 5.97 Å². The summed E-state index contributed by atoms with van der Waals surface area (Å²) in [6, 6.07) is 10.9. The molecule has 0 aliphatic heterocycles. The Morgan fingerprint density at radius 3 is 2.49 bits per heavy atom. The SMILES string of the molecule is Cc1cn(C(=O)c2c(-c3c(Cl)cc(Cl)cc3Cl)c[nH]c2C2(C#N)CCC2)c2cccc(/C=C/C(=O)O)c12. The lowest BCUT2D eigenvalue weighted by Gasteiger charge is -2.35. The van der Waals surface area contributed by atoms with Gasteiger partial charge in [0.1, 0.15) is 0 Å². The maximum absolute atomic E-state index is 14.3. The monoisotopic (exact) mass is 551 g/mol. The molecule has 0 atom stereocenters. The van der Waals surface area contributed by atoms with Gasteiger partial charge in [0.2, 0.25) is 0 Å². The number of fused-ring (bicyclic) bond motifs is 1. The van der Waals surface area contributed by atoms with Crippen LogP contribution in [0.2, 0.25) is 15.1 Å². The number of carboxylic acids is 1. The number of nitriles is 1. The highest BCUT2D eigenvalue weighted by atomic mass is 35.5. The number of rotatable bonds is 5. The third-order valence-corrected chi connectivity index (χ3v) is 7.76. The molecule has 0 bridgehead atoms. The largest absolute Gasteiger partial charge is 0.478 e. The normalized spacial score (nSPS) is 14.6. The number of halogens is 3. The topological polar surface area (TPSA) is 98.9 Å². The fourth-order valence-corrected chi connectivity index (χ4v) is 6.09. The van der Waals surface area contributed by atoms with Crippen LogP contribution in [0.4, 0.5) is 0 Å². The molecule has 6 nitrogen and oxygen atoms in total. The van der Waals surface area contributed by atoms with Gasteiger partial charge in [-0.25, -0.2) is 4.79 Å². The first-order valence-electron chi connectivity index (χ1n) is 11.5. The van der Waals surface area contributed by atoms with E-state index in [1.54, 1.807) is 42.7 Å². The van der Waals surface area contributed by atoms with Gasteiger partial charge in [0, 0.05) is 45.7 Å². The first kappa shape index (κ1) is 25.2. The maximum atomic E-state index is 14.3. The molecular formula is C28H20Cl3N3O3. The Kier molecular flexibility index (Phi) is 6.41. The lowest BCUT2D eigenvalue weighted by atomic mass is 9.66. The summed E-state index contributed by atoms with van der Waals surface area (Å²) >= 11 is 19.2. The molecule has 2 heterocycles. The van der Waals surface area contributed by atoms with Crippen LogP contribution in [0.1, 0.15) is 46.4 Å². The number of benzene rings is 2.